The van der Waals surface area contributed by atoms with E-state index in [1.165, 1.54) is 50.8 Å². The van der Waals surface area contributed by atoms with Gasteiger partial charge in [0.25, 0.3) is 0 Å². The van der Waals surface area contributed by atoms with Gasteiger partial charge in [-0.3, -0.25) is 9.59 Å². The van der Waals surface area contributed by atoms with Crippen LogP contribution in [-0.2, 0) is 22.6 Å². The third kappa shape index (κ3) is 6.23. The second-order valence-electron chi connectivity index (χ2n) is 9.46. The molecule has 1 saturated carbocycles. The summed E-state index contributed by atoms with van der Waals surface area (Å²) in [5.74, 6) is -1.82. The molecule has 0 saturated heterocycles. The van der Waals surface area contributed by atoms with Crippen molar-refractivity contribution >= 4 is 11.9 Å². The average Bonchev–Trinajstić information content (AvgIpc) is 3.28. The molecule has 6 heteroatoms. The number of aliphatic carboxylic acids is 1. The number of aryl methyl sites for hydroxylation is 1. The predicted molar refractivity (Wildman–Crippen MR) is 133 cm³/mol. The molecule has 3 rings (SSSR count). The fourth-order valence-corrected chi connectivity index (χ4v) is 4.91. The van der Waals surface area contributed by atoms with Gasteiger partial charge in [0.15, 0.2) is 0 Å². The quantitative estimate of drug-likeness (QED) is 0.285. The third-order valence-electron chi connectivity index (χ3n) is 7.05. The normalized spacial score (nSPS) is 19.8. The number of carboxylic acids is 1. The van der Waals surface area contributed by atoms with E-state index in [0.29, 0.717) is 24.9 Å². The lowest BCUT2D eigenvalue weighted by atomic mass is 9.85. The summed E-state index contributed by atoms with van der Waals surface area (Å²) in [5.41, 5.74) is 2.12. The van der Waals surface area contributed by atoms with Gasteiger partial charge in [-0.05, 0) is 54.9 Å². The van der Waals surface area contributed by atoms with Crippen molar-refractivity contribution in [3.8, 4) is 11.1 Å². The number of hydrogen-bond acceptors (Lipinski definition) is 3. The number of amides is 1. The summed E-state index contributed by atoms with van der Waals surface area (Å²) in [5, 5.41) is 15.4. The first kappa shape index (κ1) is 25.9. The summed E-state index contributed by atoms with van der Waals surface area (Å²) >= 11 is 0. The second kappa shape index (κ2) is 12.1. The van der Waals surface area contributed by atoms with E-state index >= 15 is 0 Å². The van der Waals surface area contributed by atoms with Gasteiger partial charge in [0.2, 0.25) is 5.91 Å². The highest BCUT2D eigenvalue weighted by Gasteiger charge is 2.51. The minimum Gasteiger partial charge on any atom is -0.480 e. The van der Waals surface area contributed by atoms with Crippen molar-refractivity contribution in [3.05, 3.63) is 59.4 Å². The SMILES string of the molecule is CCCCCCCc1ccc(-c2ccc(CNC3CCC(C(=O)O)(C(=O)NC)C3)cc2F)cc1. The van der Waals surface area contributed by atoms with Crippen LogP contribution < -0.4 is 10.6 Å². The molecule has 34 heavy (non-hydrogen) atoms. The van der Waals surface area contributed by atoms with Crippen molar-refractivity contribution in [3.63, 3.8) is 0 Å². The van der Waals surface area contributed by atoms with Crippen LogP contribution in [0.5, 0.6) is 0 Å². The summed E-state index contributed by atoms with van der Waals surface area (Å²) in [4.78, 5) is 23.9. The van der Waals surface area contributed by atoms with Crippen molar-refractivity contribution in [2.75, 3.05) is 7.05 Å². The molecule has 1 aliphatic carbocycles. The van der Waals surface area contributed by atoms with Crippen LogP contribution in [-0.4, -0.2) is 30.1 Å². The fourth-order valence-electron chi connectivity index (χ4n) is 4.91. The van der Waals surface area contributed by atoms with Gasteiger partial charge in [-0.25, -0.2) is 4.39 Å². The lowest BCUT2D eigenvalue weighted by Gasteiger charge is -2.22. The van der Waals surface area contributed by atoms with Gasteiger partial charge >= 0.3 is 5.97 Å². The summed E-state index contributed by atoms with van der Waals surface area (Å²) in [7, 11) is 1.46. The van der Waals surface area contributed by atoms with Gasteiger partial charge in [0.05, 0.1) is 0 Å². The molecule has 2 atom stereocenters. The third-order valence-corrected chi connectivity index (χ3v) is 7.05. The highest BCUT2D eigenvalue weighted by Crippen LogP contribution is 2.39. The van der Waals surface area contributed by atoms with Crippen molar-refractivity contribution in [1.29, 1.82) is 0 Å². The predicted octanol–water partition coefficient (Wildman–Crippen LogP) is 5.46. The molecule has 0 radical (unpaired) electrons. The summed E-state index contributed by atoms with van der Waals surface area (Å²) < 4.78 is 14.9. The zero-order chi connectivity index (χ0) is 24.6. The van der Waals surface area contributed by atoms with E-state index in [1.54, 1.807) is 6.07 Å². The summed E-state index contributed by atoms with van der Waals surface area (Å²) in [6, 6.07) is 13.3. The van der Waals surface area contributed by atoms with Gasteiger partial charge < -0.3 is 15.7 Å². The Hall–Kier alpha value is -2.73. The van der Waals surface area contributed by atoms with Crippen LogP contribution in [0.25, 0.3) is 11.1 Å². The molecule has 1 aliphatic rings. The lowest BCUT2D eigenvalue weighted by molar-refractivity contribution is -0.155. The molecule has 0 heterocycles. The topological polar surface area (TPSA) is 78.4 Å². The highest BCUT2D eigenvalue weighted by atomic mass is 19.1. The molecular formula is C28H37FN2O3. The van der Waals surface area contributed by atoms with Gasteiger partial charge in [0.1, 0.15) is 11.2 Å². The number of halogens is 1. The van der Waals surface area contributed by atoms with E-state index in [1.807, 2.05) is 18.2 Å². The van der Waals surface area contributed by atoms with E-state index < -0.39 is 17.3 Å². The molecule has 0 bridgehead atoms. The Kier molecular flexibility index (Phi) is 9.22. The molecule has 2 unspecified atom stereocenters. The largest absolute Gasteiger partial charge is 0.480 e. The minimum absolute atomic E-state index is 0.106. The van der Waals surface area contributed by atoms with Crippen LogP contribution in [0.15, 0.2) is 42.5 Å². The summed E-state index contributed by atoms with van der Waals surface area (Å²) in [6.45, 7) is 2.64. The Morgan fingerprint density at radius 1 is 1.06 bits per heavy atom. The van der Waals surface area contributed by atoms with Gasteiger partial charge in [-0.15, -0.1) is 0 Å². The van der Waals surface area contributed by atoms with Gasteiger partial charge in [0, 0.05) is 25.2 Å². The minimum atomic E-state index is -1.39. The first-order valence-corrected chi connectivity index (χ1v) is 12.5. The first-order valence-electron chi connectivity index (χ1n) is 12.5. The summed E-state index contributed by atoms with van der Waals surface area (Å²) in [6.07, 6.45) is 8.44. The maximum atomic E-state index is 14.9. The van der Waals surface area contributed by atoms with Gasteiger partial charge in [-0.1, -0.05) is 69.0 Å². The molecule has 1 amide bonds. The van der Waals surface area contributed by atoms with Crippen LogP contribution in [0.1, 0.15) is 69.4 Å². The molecule has 184 valence electrons. The Balaban J connectivity index is 1.55. The van der Waals surface area contributed by atoms with Crippen LogP contribution in [0.2, 0.25) is 0 Å². The van der Waals surface area contributed by atoms with Gasteiger partial charge in [-0.2, -0.15) is 0 Å². The molecular weight excluding hydrogens is 431 g/mol. The Morgan fingerprint density at radius 2 is 1.76 bits per heavy atom. The van der Waals surface area contributed by atoms with Crippen molar-refractivity contribution in [2.45, 2.75) is 77.3 Å². The number of rotatable bonds is 12. The van der Waals surface area contributed by atoms with E-state index in [0.717, 1.165) is 17.5 Å². The number of benzene rings is 2. The van der Waals surface area contributed by atoms with Crippen molar-refractivity contribution in [2.24, 2.45) is 5.41 Å². The Labute approximate surface area is 202 Å². The Morgan fingerprint density at radius 3 is 2.41 bits per heavy atom. The first-order chi connectivity index (χ1) is 16.4. The van der Waals surface area contributed by atoms with E-state index in [4.69, 9.17) is 0 Å². The monoisotopic (exact) mass is 468 g/mol. The van der Waals surface area contributed by atoms with Crippen LogP contribution in [0.4, 0.5) is 4.39 Å². The molecule has 3 N–H and O–H groups in total. The maximum absolute atomic E-state index is 14.9. The lowest BCUT2D eigenvalue weighted by Crippen LogP contribution is -2.44. The van der Waals surface area contributed by atoms with E-state index in [9.17, 15) is 19.1 Å². The fraction of sp³-hybridized carbons (Fsp3) is 0.500. The smallest absolute Gasteiger partial charge is 0.319 e. The van der Waals surface area contributed by atoms with Crippen molar-refractivity contribution < 1.29 is 19.1 Å². The molecule has 0 aliphatic heterocycles. The average molecular weight is 469 g/mol. The molecule has 1 fully saturated rings. The van der Waals surface area contributed by atoms with E-state index in [2.05, 4.69) is 29.7 Å². The zero-order valence-electron chi connectivity index (χ0n) is 20.3. The standard InChI is InChI=1S/C28H37FN2O3/c1-3-4-5-6-7-8-20-9-12-22(13-10-20)24-14-11-21(17-25(24)29)19-31-23-15-16-28(18-23,27(33)34)26(32)30-2/h9-14,17,23,31H,3-8,15-16,18-19H2,1-2H3,(H,30,32)(H,33,34). The molecule has 0 spiro atoms. The van der Waals surface area contributed by atoms with Crippen LogP contribution in [0.3, 0.4) is 0 Å². The number of hydrogen-bond donors (Lipinski definition) is 3. The molecule has 2 aromatic rings. The van der Waals surface area contributed by atoms with Crippen molar-refractivity contribution in [1.82, 2.24) is 10.6 Å². The number of carbonyl (C=O) groups excluding carboxylic acids is 1. The number of carbonyl (C=O) groups is 2. The molecule has 0 aromatic heterocycles. The molecule has 2 aromatic carbocycles. The maximum Gasteiger partial charge on any atom is 0.319 e. The second-order valence-corrected chi connectivity index (χ2v) is 9.46. The number of nitrogens with one attached hydrogen (secondary N) is 2. The van der Waals surface area contributed by atoms with Crippen LogP contribution >= 0.6 is 0 Å². The van der Waals surface area contributed by atoms with E-state index in [-0.39, 0.29) is 18.3 Å². The molecule has 5 nitrogen and oxygen atoms in total. The number of carboxylic acid groups (broad SMARTS) is 1. The highest BCUT2D eigenvalue weighted by molar-refractivity contribution is 6.02. The Bertz CT molecular complexity index is 976. The van der Waals surface area contributed by atoms with Crippen LogP contribution in [0, 0.1) is 11.2 Å². The number of unbranched alkanes of at least 4 members (excludes halogenated alkanes) is 4. The zero-order valence-corrected chi connectivity index (χ0v) is 20.3.